The summed E-state index contributed by atoms with van der Waals surface area (Å²) in [6.45, 7) is 0.332. The number of fused-ring (bicyclic) bond motifs is 1. The van der Waals surface area contributed by atoms with Crippen LogP contribution in [-0.2, 0) is 29.2 Å². The summed E-state index contributed by atoms with van der Waals surface area (Å²) in [4.78, 5) is 28.0. The fourth-order valence-corrected chi connectivity index (χ4v) is 4.90. The van der Waals surface area contributed by atoms with Gasteiger partial charge in [0.25, 0.3) is 0 Å². The topological polar surface area (TPSA) is 87.1 Å². The van der Waals surface area contributed by atoms with Gasteiger partial charge in [-0.15, -0.1) is 0 Å². The molecule has 6 nitrogen and oxygen atoms in total. The number of hydrogen-bond acceptors (Lipinski definition) is 4. The van der Waals surface area contributed by atoms with E-state index in [0.717, 1.165) is 22.3 Å². The maximum Gasteiger partial charge on any atom is 0.326 e. The van der Waals surface area contributed by atoms with Gasteiger partial charge >= 0.3 is 5.97 Å². The number of hydrogen-bond donors (Lipinski definition) is 2. The Kier molecular flexibility index (Phi) is 6.90. The number of carboxylic acid groups (broad SMARTS) is 1. The van der Waals surface area contributed by atoms with E-state index in [0.29, 0.717) is 5.56 Å². The number of nitrogens with zero attached hydrogens (tertiary/aromatic N) is 1. The van der Waals surface area contributed by atoms with Gasteiger partial charge in [0.2, 0.25) is 5.91 Å². The highest BCUT2D eigenvalue weighted by molar-refractivity contribution is 5.91. The van der Waals surface area contributed by atoms with Crippen LogP contribution in [0.5, 0.6) is 11.5 Å². The van der Waals surface area contributed by atoms with Gasteiger partial charge in [-0.3, -0.25) is 4.79 Å². The Morgan fingerprint density at radius 3 is 1.97 bits per heavy atom. The maximum absolute atomic E-state index is 14.1. The summed E-state index contributed by atoms with van der Waals surface area (Å²) < 4.78 is 5.98. The van der Waals surface area contributed by atoms with Crippen molar-refractivity contribution in [2.75, 3.05) is 0 Å². The lowest BCUT2D eigenvalue weighted by Crippen LogP contribution is -2.50. The van der Waals surface area contributed by atoms with Gasteiger partial charge in [0.1, 0.15) is 12.6 Å². The highest BCUT2D eigenvalue weighted by atomic mass is 16.5. The highest BCUT2D eigenvalue weighted by Gasteiger charge is 2.40. The third-order valence-electron chi connectivity index (χ3n) is 6.76. The van der Waals surface area contributed by atoms with Gasteiger partial charge in [0.05, 0.1) is 5.92 Å². The molecule has 37 heavy (non-hydrogen) atoms. The number of carboxylic acids is 1. The van der Waals surface area contributed by atoms with Crippen molar-refractivity contribution in [1.29, 1.82) is 0 Å². The quantitative estimate of drug-likeness (QED) is 0.372. The minimum atomic E-state index is -1.10. The summed E-state index contributed by atoms with van der Waals surface area (Å²) in [6.07, 6.45) is 0.0330. The van der Waals surface area contributed by atoms with Crippen molar-refractivity contribution in [2.45, 2.75) is 31.5 Å². The smallest absolute Gasteiger partial charge is 0.326 e. The van der Waals surface area contributed by atoms with Crippen molar-refractivity contribution in [3.63, 3.8) is 0 Å². The first kappa shape index (κ1) is 24.1. The van der Waals surface area contributed by atoms with Gasteiger partial charge in [0.15, 0.2) is 11.5 Å². The van der Waals surface area contributed by atoms with Crippen molar-refractivity contribution in [3.05, 3.63) is 131 Å². The molecule has 0 aliphatic carbocycles. The van der Waals surface area contributed by atoms with Crippen LogP contribution in [0.25, 0.3) is 0 Å². The van der Waals surface area contributed by atoms with Gasteiger partial charge in [0, 0.05) is 18.5 Å². The Labute approximate surface area is 215 Å². The molecule has 0 unspecified atom stereocenters. The Morgan fingerprint density at radius 1 is 0.838 bits per heavy atom. The number of carbonyl (C=O) groups is 2. The lowest BCUT2D eigenvalue weighted by atomic mass is 9.87. The molecule has 1 aliphatic rings. The van der Waals surface area contributed by atoms with Crippen LogP contribution in [0.4, 0.5) is 0 Å². The number of ether oxygens (including phenoxy) is 1. The minimum Gasteiger partial charge on any atom is -0.504 e. The van der Waals surface area contributed by atoms with E-state index in [9.17, 15) is 19.8 Å². The molecule has 5 rings (SSSR count). The number of carbonyl (C=O) groups excluding carboxylic acids is 1. The first-order chi connectivity index (χ1) is 18.0. The van der Waals surface area contributed by atoms with Crippen LogP contribution in [0.1, 0.15) is 33.7 Å². The van der Waals surface area contributed by atoms with Crippen LogP contribution in [0.15, 0.2) is 103 Å². The van der Waals surface area contributed by atoms with Crippen LogP contribution in [-0.4, -0.2) is 33.0 Å². The van der Waals surface area contributed by atoms with E-state index in [4.69, 9.17) is 4.74 Å². The zero-order valence-electron chi connectivity index (χ0n) is 20.2. The number of phenolic OH excluding ortho intramolecular Hbond substituents is 1. The Hall–Kier alpha value is -4.58. The van der Waals surface area contributed by atoms with Gasteiger partial charge < -0.3 is 19.8 Å². The number of amides is 1. The van der Waals surface area contributed by atoms with Gasteiger partial charge in [-0.1, -0.05) is 97.1 Å². The first-order valence-electron chi connectivity index (χ1n) is 12.2. The largest absolute Gasteiger partial charge is 0.504 e. The van der Waals surface area contributed by atoms with Crippen molar-refractivity contribution >= 4 is 11.9 Å². The molecule has 1 amide bonds. The van der Waals surface area contributed by atoms with E-state index in [1.807, 2.05) is 91.0 Å². The summed E-state index contributed by atoms with van der Waals surface area (Å²) in [5.41, 5.74) is 3.89. The SMILES string of the molecule is O=C(O)[C@@H]1Cc2c(ccc(O)c2OCc2ccccc2)CN1C(=O)C(c1ccccc1)c1ccccc1. The minimum absolute atomic E-state index is 0.0330. The second-order valence-electron chi connectivity index (χ2n) is 9.10. The van der Waals surface area contributed by atoms with Crippen molar-refractivity contribution < 1.29 is 24.5 Å². The number of aliphatic carboxylic acids is 1. The lowest BCUT2D eigenvalue weighted by Gasteiger charge is -2.37. The maximum atomic E-state index is 14.1. The third kappa shape index (κ3) is 5.05. The van der Waals surface area contributed by atoms with E-state index in [2.05, 4.69) is 0 Å². The molecule has 0 bridgehead atoms. The van der Waals surface area contributed by atoms with Crippen LogP contribution in [0.2, 0.25) is 0 Å². The molecule has 1 atom stereocenters. The molecule has 4 aromatic carbocycles. The van der Waals surface area contributed by atoms with Crippen LogP contribution < -0.4 is 4.74 Å². The van der Waals surface area contributed by atoms with Crippen molar-refractivity contribution in [1.82, 2.24) is 4.90 Å². The fraction of sp³-hybridized carbons (Fsp3) is 0.161. The Morgan fingerprint density at radius 2 is 1.41 bits per heavy atom. The monoisotopic (exact) mass is 493 g/mol. The van der Waals surface area contributed by atoms with E-state index < -0.39 is 17.9 Å². The predicted octanol–water partition coefficient (Wildman–Crippen LogP) is 5.14. The van der Waals surface area contributed by atoms with Crippen molar-refractivity contribution in [3.8, 4) is 11.5 Å². The van der Waals surface area contributed by atoms with Crippen LogP contribution in [0.3, 0.4) is 0 Å². The van der Waals surface area contributed by atoms with E-state index in [1.54, 1.807) is 6.07 Å². The standard InChI is InChI=1S/C31H27NO5/c33-27-17-16-24-19-32(30(34)28(22-12-6-2-7-13-22)23-14-8-3-9-15-23)26(31(35)36)18-25(24)29(27)37-20-21-10-4-1-5-11-21/h1-17,26,28,33H,18-20H2,(H,35,36)/t26-/m0/s1. The average molecular weight is 494 g/mol. The number of aromatic hydroxyl groups is 1. The average Bonchev–Trinajstić information content (AvgIpc) is 2.93. The Bertz CT molecular complexity index is 1350. The summed E-state index contributed by atoms with van der Waals surface area (Å²) in [5, 5.41) is 20.8. The molecule has 6 heteroatoms. The van der Waals surface area contributed by atoms with Gasteiger partial charge in [-0.2, -0.15) is 0 Å². The molecule has 0 radical (unpaired) electrons. The second-order valence-corrected chi connectivity index (χ2v) is 9.10. The molecular formula is C31H27NO5. The van der Waals surface area contributed by atoms with Crippen LogP contribution >= 0.6 is 0 Å². The molecule has 0 fully saturated rings. The van der Waals surface area contributed by atoms with E-state index in [1.165, 1.54) is 11.0 Å². The molecule has 186 valence electrons. The molecule has 1 aliphatic heterocycles. The summed E-state index contributed by atoms with van der Waals surface area (Å²) >= 11 is 0. The number of phenols is 1. The highest BCUT2D eigenvalue weighted by Crippen LogP contribution is 2.39. The lowest BCUT2D eigenvalue weighted by molar-refractivity contribution is -0.151. The van der Waals surface area contributed by atoms with Gasteiger partial charge in [-0.25, -0.2) is 4.79 Å². The van der Waals surface area contributed by atoms with Gasteiger partial charge in [-0.05, 0) is 28.3 Å². The molecule has 4 aromatic rings. The first-order valence-corrected chi connectivity index (χ1v) is 12.2. The Balaban J connectivity index is 1.50. The van der Waals surface area contributed by atoms with Crippen LogP contribution in [0, 0.1) is 0 Å². The zero-order chi connectivity index (χ0) is 25.8. The molecule has 0 saturated heterocycles. The summed E-state index contributed by atoms with van der Waals surface area (Å²) in [6, 6.07) is 30.5. The molecular weight excluding hydrogens is 466 g/mol. The molecule has 0 saturated carbocycles. The summed E-state index contributed by atoms with van der Waals surface area (Å²) in [5.74, 6) is -1.81. The molecule has 0 spiro atoms. The number of benzene rings is 4. The second kappa shape index (κ2) is 10.6. The number of rotatable bonds is 7. The van der Waals surface area contributed by atoms with E-state index in [-0.39, 0.29) is 37.0 Å². The predicted molar refractivity (Wildman–Crippen MR) is 139 cm³/mol. The molecule has 1 heterocycles. The van der Waals surface area contributed by atoms with E-state index >= 15 is 0 Å². The molecule has 0 aromatic heterocycles. The van der Waals surface area contributed by atoms with Crippen molar-refractivity contribution in [2.24, 2.45) is 0 Å². The zero-order valence-corrected chi connectivity index (χ0v) is 20.2. The third-order valence-corrected chi connectivity index (χ3v) is 6.76. The fourth-order valence-electron chi connectivity index (χ4n) is 4.90. The summed E-state index contributed by atoms with van der Waals surface area (Å²) in [7, 11) is 0. The molecule has 2 N–H and O–H groups in total. The normalized spacial score (nSPS) is 14.7.